The Balaban J connectivity index is 2.87. The van der Waals surface area contributed by atoms with Crippen LogP contribution in [-0.4, -0.2) is 16.3 Å². The first-order chi connectivity index (χ1) is 7.10. The lowest BCUT2D eigenvalue weighted by Gasteiger charge is -2.08. The zero-order chi connectivity index (χ0) is 11.4. The fraction of sp³-hybridized carbons (Fsp3) is 0.750. The molecule has 0 saturated heterocycles. The lowest BCUT2D eigenvalue weighted by Crippen LogP contribution is -2.14. The molecule has 1 rings (SSSR count). The highest BCUT2D eigenvalue weighted by atomic mass is 15.3. The van der Waals surface area contributed by atoms with Crippen molar-refractivity contribution in [2.24, 2.45) is 11.7 Å². The monoisotopic (exact) mass is 209 g/mol. The molecule has 0 spiro atoms. The van der Waals surface area contributed by atoms with Gasteiger partial charge in [0.15, 0.2) is 0 Å². The second kappa shape index (κ2) is 5.31. The summed E-state index contributed by atoms with van der Waals surface area (Å²) < 4.78 is 2.12. The minimum absolute atomic E-state index is 0.543. The normalized spacial score (nSPS) is 13.1. The van der Waals surface area contributed by atoms with E-state index in [9.17, 15) is 0 Å². The average molecular weight is 209 g/mol. The van der Waals surface area contributed by atoms with Crippen molar-refractivity contribution in [2.45, 2.75) is 47.1 Å². The summed E-state index contributed by atoms with van der Waals surface area (Å²) in [7, 11) is 0. The number of aromatic nitrogens is 2. The molecular weight excluding hydrogens is 186 g/mol. The van der Waals surface area contributed by atoms with E-state index >= 15 is 0 Å². The first-order valence-electron chi connectivity index (χ1n) is 5.83. The Morgan fingerprint density at radius 1 is 1.40 bits per heavy atom. The Hall–Kier alpha value is -0.830. The quantitative estimate of drug-likeness (QED) is 0.806. The number of aryl methyl sites for hydroxylation is 2. The van der Waals surface area contributed by atoms with E-state index in [0.29, 0.717) is 5.92 Å². The molecule has 0 amide bonds. The lowest BCUT2D eigenvalue weighted by atomic mass is 10.00. The summed E-state index contributed by atoms with van der Waals surface area (Å²) >= 11 is 0. The summed E-state index contributed by atoms with van der Waals surface area (Å²) in [6.07, 6.45) is 2.19. The maximum Gasteiger partial charge on any atom is 0.0628 e. The third kappa shape index (κ3) is 2.81. The molecular formula is C12H23N3. The Morgan fingerprint density at radius 2 is 2.07 bits per heavy atom. The predicted octanol–water partition coefficient (Wildman–Crippen LogP) is 2.05. The van der Waals surface area contributed by atoms with Crippen LogP contribution in [0, 0.1) is 19.8 Å². The van der Waals surface area contributed by atoms with Crippen LogP contribution in [0.3, 0.4) is 0 Å². The molecule has 0 bridgehead atoms. The molecule has 0 aliphatic rings. The number of nitrogens with zero attached hydrogens (tertiary/aromatic N) is 2. The van der Waals surface area contributed by atoms with Crippen LogP contribution in [0.5, 0.6) is 0 Å². The van der Waals surface area contributed by atoms with Gasteiger partial charge in [0.1, 0.15) is 0 Å². The van der Waals surface area contributed by atoms with Gasteiger partial charge in [-0.05, 0) is 44.7 Å². The lowest BCUT2D eigenvalue weighted by molar-refractivity contribution is 0.573. The fourth-order valence-corrected chi connectivity index (χ4v) is 1.89. The predicted molar refractivity (Wildman–Crippen MR) is 63.9 cm³/mol. The molecule has 0 saturated carbocycles. The minimum Gasteiger partial charge on any atom is -0.330 e. The van der Waals surface area contributed by atoms with Crippen molar-refractivity contribution in [3.63, 3.8) is 0 Å². The molecule has 0 radical (unpaired) electrons. The summed E-state index contributed by atoms with van der Waals surface area (Å²) in [5.41, 5.74) is 9.53. The molecule has 1 atom stereocenters. The van der Waals surface area contributed by atoms with Gasteiger partial charge in [-0.2, -0.15) is 5.10 Å². The summed E-state index contributed by atoms with van der Waals surface area (Å²) in [4.78, 5) is 0. The van der Waals surface area contributed by atoms with Crippen LogP contribution in [0.25, 0.3) is 0 Å². The van der Waals surface area contributed by atoms with Gasteiger partial charge in [-0.3, -0.25) is 4.68 Å². The average Bonchev–Trinajstić information content (AvgIpc) is 2.46. The number of hydrogen-bond acceptors (Lipinski definition) is 2. The van der Waals surface area contributed by atoms with Crippen molar-refractivity contribution < 1.29 is 0 Å². The van der Waals surface area contributed by atoms with Gasteiger partial charge in [0, 0.05) is 12.2 Å². The molecule has 1 aromatic rings. The van der Waals surface area contributed by atoms with E-state index in [1.165, 1.54) is 17.0 Å². The van der Waals surface area contributed by atoms with Crippen LogP contribution in [0.2, 0.25) is 0 Å². The van der Waals surface area contributed by atoms with E-state index in [1.54, 1.807) is 0 Å². The van der Waals surface area contributed by atoms with Crippen LogP contribution < -0.4 is 5.73 Å². The number of nitrogens with two attached hydrogens (primary N) is 1. The second-order valence-corrected chi connectivity index (χ2v) is 4.42. The van der Waals surface area contributed by atoms with Gasteiger partial charge in [-0.1, -0.05) is 13.8 Å². The van der Waals surface area contributed by atoms with Crippen LogP contribution in [0.15, 0.2) is 0 Å². The number of hydrogen-bond donors (Lipinski definition) is 1. The third-order valence-corrected chi connectivity index (χ3v) is 2.92. The first-order valence-corrected chi connectivity index (χ1v) is 5.83. The highest BCUT2D eigenvalue weighted by Crippen LogP contribution is 2.17. The van der Waals surface area contributed by atoms with Crippen LogP contribution in [0.4, 0.5) is 0 Å². The van der Waals surface area contributed by atoms with Crippen molar-refractivity contribution in [1.29, 1.82) is 0 Å². The van der Waals surface area contributed by atoms with Crippen molar-refractivity contribution >= 4 is 0 Å². The molecule has 1 unspecified atom stereocenters. The molecule has 1 heterocycles. The molecule has 1 aromatic heterocycles. The van der Waals surface area contributed by atoms with E-state index < -0.39 is 0 Å². The maximum absolute atomic E-state index is 5.66. The minimum atomic E-state index is 0.543. The smallest absolute Gasteiger partial charge is 0.0628 e. The molecule has 86 valence electrons. The van der Waals surface area contributed by atoms with Gasteiger partial charge in [0.2, 0.25) is 0 Å². The van der Waals surface area contributed by atoms with Gasteiger partial charge in [0.25, 0.3) is 0 Å². The van der Waals surface area contributed by atoms with Gasteiger partial charge >= 0.3 is 0 Å². The summed E-state index contributed by atoms with van der Waals surface area (Å²) in [6.45, 7) is 10.4. The van der Waals surface area contributed by atoms with E-state index in [2.05, 4.69) is 37.5 Å². The van der Waals surface area contributed by atoms with Crippen molar-refractivity contribution in [2.75, 3.05) is 6.54 Å². The Bertz CT molecular complexity index is 315. The van der Waals surface area contributed by atoms with Crippen LogP contribution in [-0.2, 0) is 13.0 Å². The fourth-order valence-electron chi connectivity index (χ4n) is 1.89. The van der Waals surface area contributed by atoms with Gasteiger partial charge in [0.05, 0.1) is 5.69 Å². The molecule has 0 aliphatic heterocycles. The van der Waals surface area contributed by atoms with Crippen molar-refractivity contribution in [3.05, 3.63) is 17.0 Å². The molecule has 2 N–H and O–H groups in total. The Labute approximate surface area is 92.7 Å². The molecule has 15 heavy (non-hydrogen) atoms. The van der Waals surface area contributed by atoms with Crippen LogP contribution >= 0.6 is 0 Å². The molecule has 3 heteroatoms. The highest BCUT2D eigenvalue weighted by molar-refractivity contribution is 5.25. The van der Waals surface area contributed by atoms with E-state index in [0.717, 1.165) is 25.9 Å². The highest BCUT2D eigenvalue weighted by Gasteiger charge is 2.13. The molecule has 0 fully saturated rings. The first kappa shape index (κ1) is 12.2. The van der Waals surface area contributed by atoms with E-state index in [4.69, 9.17) is 5.73 Å². The Kier molecular flexibility index (Phi) is 4.33. The van der Waals surface area contributed by atoms with Crippen molar-refractivity contribution in [1.82, 2.24) is 9.78 Å². The molecule has 0 aromatic carbocycles. The zero-order valence-electron chi connectivity index (χ0n) is 10.4. The van der Waals surface area contributed by atoms with Gasteiger partial charge in [-0.25, -0.2) is 0 Å². The topological polar surface area (TPSA) is 43.8 Å². The molecule has 3 nitrogen and oxygen atoms in total. The van der Waals surface area contributed by atoms with Crippen molar-refractivity contribution in [3.8, 4) is 0 Å². The molecule has 0 aliphatic carbocycles. The van der Waals surface area contributed by atoms with E-state index in [1.807, 2.05) is 0 Å². The van der Waals surface area contributed by atoms with Gasteiger partial charge in [-0.15, -0.1) is 0 Å². The van der Waals surface area contributed by atoms with E-state index in [-0.39, 0.29) is 0 Å². The maximum atomic E-state index is 5.66. The summed E-state index contributed by atoms with van der Waals surface area (Å²) in [6, 6.07) is 0. The standard InChI is InChI=1S/C12H23N3/c1-5-6-15-11(4)12(10(3)14-15)7-9(2)8-13/h9H,5-8,13H2,1-4H3. The van der Waals surface area contributed by atoms with Gasteiger partial charge < -0.3 is 5.73 Å². The third-order valence-electron chi connectivity index (χ3n) is 2.92. The van der Waals surface area contributed by atoms with Crippen LogP contribution in [0.1, 0.15) is 37.2 Å². The summed E-state index contributed by atoms with van der Waals surface area (Å²) in [5, 5.41) is 4.56. The largest absolute Gasteiger partial charge is 0.330 e. The SMILES string of the molecule is CCCn1nc(C)c(CC(C)CN)c1C. The number of rotatable bonds is 5. The summed E-state index contributed by atoms with van der Waals surface area (Å²) in [5.74, 6) is 0.543. The zero-order valence-corrected chi connectivity index (χ0v) is 10.4. The second-order valence-electron chi connectivity index (χ2n) is 4.42. The Morgan fingerprint density at radius 3 is 2.60 bits per heavy atom.